The number of hydrogen-bond acceptors (Lipinski definition) is 4. The van der Waals surface area contributed by atoms with Crippen LogP contribution in [0.5, 0.6) is 5.75 Å². The number of nitro benzene ring substituents is 1. The van der Waals surface area contributed by atoms with Crippen LogP contribution in [0.2, 0.25) is 0 Å². The van der Waals surface area contributed by atoms with Crippen molar-refractivity contribution >= 4 is 33.2 Å². The molecule has 1 atom stereocenters. The SMILES string of the molecule is C[C@H](Oc1ccc(Br)cc1)C(=O)Nc1cccc([N+](=O)[O-])c1. The number of amides is 1. The topological polar surface area (TPSA) is 81.5 Å². The van der Waals surface area contributed by atoms with E-state index in [0.29, 0.717) is 11.4 Å². The maximum atomic E-state index is 12.0. The number of anilines is 1. The summed E-state index contributed by atoms with van der Waals surface area (Å²) < 4.78 is 6.42. The summed E-state index contributed by atoms with van der Waals surface area (Å²) in [5.41, 5.74) is 0.268. The van der Waals surface area contributed by atoms with Gasteiger partial charge in [-0.25, -0.2) is 0 Å². The van der Waals surface area contributed by atoms with E-state index in [9.17, 15) is 14.9 Å². The van der Waals surface area contributed by atoms with E-state index in [1.54, 1.807) is 37.3 Å². The first-order valence-electron chi connectivity index (χ1n) is 6.43. The lowest BCUT2D eigenvalue weighted by molar-refractivity contribution is -0.384. The molecule has 114 valence electrons. The van der Waals surface area contributed by atoms with Crippen LogP contribution in [0.15, 0.2) is 53.0 Å². The van der Waals surface area contributed by atoms with Gasteiger partial charge in [0.15, 0.2) is 6.10 Å². The fraction of sp³-hybridized carbons (Fsp3) is 0.133. The first kappa shape index (κ1) is 16.0. The summed E-state index contributed by atoms with van der Waals surface area (Å²) in [6.45, 7) is 1.61. The zero-order chi connectivity index (χ0) is 16.1. The molecule has 0 saturated heterocycles. The summed E-state index contributed by atoms with van der Waals surface area (Å²) in [6, 6.07) is 12.8. The third kappa shape index (κ3) is 4.29. The molecule has 0 unspecified atom stereocenters. The van der Waals surface area contributed by atoms with E-state index in [-0.39, 0.29) is 11.6 Å². The quantitative estimate of drug-likeness (QED) is 0.646. The number of hydrogen-bond donors (Lipinski definition) is 1. The fourth-order valence-corrected chi connectivity index (χ4v) is 1.98. The minimum atomic E-state index is -0.736. The normalized spacial score (nSPS) is 11.5. The third-order valence-corrected chi connectivity index (χ3v) is 3.35. The van der Waals surface area contributed by atoms with Crippen molar-refractivity contribution in [3.63, 3.8) is 0 Å². The highest BCUT2D eigenvalue weighted by Crippen LogP contribution is 2.19. The van der Waals surface area contributed by atoms with Gasteiger partial charge in [-0.05, 0) is 37.3 Å². The molecule has 2 aromatic rings. The van der Waals surface area contributed by atoms with Crippen molar-refractivity contribution in [2.75, 3.05) is 5.32 Å². The molecule has 0 heterocycles. The maximum absolute atomic E-state index is 12.0. The molecule has 0 radical (unpaired) electrons. The van der Waals surface area contributed by atoms with E-state index in [4.69, 9.17) is 4.74 Å². The number of nitrogens with zero attached hydrogens (tertiary/aromatic N) is 1. The zero-order valence-corrected chi connectivity index (χ0v) is 13.2. The molecule has 1 amide bonds. The maximum Gasteiger partial charge on any atom is 0.271 e. The average molecular weight is 365 g/mol. The lowest BCUT2D eigenvalue weighted by Gasteiger charge is -2.14. The minimum absolute atomic E-state index is 0.0840. The summed E-state index contributed by atoms with van der Waals surface area (Å²) in [6.07, 6.45) is -0.736. The van der Waals surface area contributed by atoms with Crippen LogP contribution in [0.4, 0.5) is 11.4 Å². The predicted molar refractivity (Wildman–Crippen MR) is 86.0 cm³/mol. The number of carbonyl (C=O) groups is 1. The van der Waals surface area contributed by atoms with Crippen LogP contribution in [0.1, 0.15) is 6.92 Å². The van der Waals surface area contributed by atoms with Gasteiger partial charge in [-0.1, -0.05) is 22.0 Å². The van der Waals surface area contributed by atoms with Crippen molar-refractivity contribution in [2.45, 2.75) is 13.0 Å². The number of nitro groups is 1. The Bertz CT molecular complexity index is 688. The molecule has 7 heteroatoms. The van der Waals surface area contributed by atoms with Gasteiger partial charge in [0.05, 0.1) is 4.92 Å². The number of carbonyl (C=O) groups excluding carboxylic acids is 1. The summed E-state index contributed by atoms with van der Waals surface area (Å²) in [5, 5.41) is 13.3. The molecule has 0 aliphatic rings. The molecule has 0 bridgehead atoms. The van der Waals surface area contributed by atoms with Crippen LogP contribution >= 0.6 is 15.9 Å². The number of ether oxygens (including phenoxy) is 1. The molecule has 2 rings (SSSR count). The van der Waals surface area contributed by atoms with Crippen LogP contribution in [0, 0.1) is 10.1 Å². The van der Waals surface area contributed by atoms with E-state index < -0.39 is 11.0 Å². The Morgan fingerprint density at radius 2 is 1.95 bits per heavy atom. The number of rotatable bonds is 5. The second-order valence-corrected chi connectivity index (χ2v) is 5.43. The Labute approximate surface area is 135 Å². The number of non-ortho nitro benzene ring substituents is 1. The minimum Gasteiger partial charge on any atom is -0.481 e. The summed E-state index contributed by atoms with van der Waals surface area (Å²) in [5.74, 6) is 0.174. The van der Waals surface area contributed by atoms with Crippen molar-refractivity contribution in [1.29, 1.82) is 0 Å². The molecule has 0 spiro atoms. The van der Waals surface area contributed by atoms with Gasteiger partial charge in [0.1, 0.15) is 5.75 Å². The van der Waals surface area contributed by atoms with Gasteiger partial charge < -0.3 is 10.1 Å². The standard InChI is InChI=1S/C15H13BrN2O4/c1-10(22-14-7-5-11(16)6-8-14)15(19)17-12-3-2-4-13(9-12)18(20)21/h2-10H,1H3,(H,17,19)/t10-/m0/s1. The van der Waals surface area contributed by atoms with Crippen LogP contribution in [0.25, 0.3) is 0 Å². The van der Waals surface area contributed by atoms with Crippen LogP contribution in [-0.2, 0) is 4.79 Å². The van der Waals surface area contributed by atoms with Gasteiger partial charge >= 0.3 is 0 Å². The summed E-state index contributed by atoms with van der Waals surface area (Å²) in [7, 11) is 0. The molecule has 0 aliphatic carbocycles. The van der Waals surface area contributed by atoms with Crippen LogP contribution < -0.4 is 10.1 Å². The van der Waals surface area contributed by atoms with Crippen molar-refractivity contribution in [3.8, 4) is 5.75 Å². The van der Waals surface area contributed by atoms with Crippen molar-refractivity contribution < 1.29 is 14.5 Å². The Kier molecular flexibility index (Phi) is 5.11. The number of benzene rings is 2. The monoisotopic (exact) mass is 364 g/mol. The zero-order valence-electron chi connectivity index (χ0n) is 11.7. The summed E-state index contributed by atoms with van der Waals surface area (Å²) >= 11 is 3.31. The van der Waals surface area contributed by atoms with E-state index >= 15 is 0 Å². The highest BCUT2D eigenvalue weighted by molar-refractivity contribution is 9.10. The van der Waals surface area contributed by atoms with Gasteiger partial charge in [0.25, 0.3) is 11.6 Å². The second kappa shape index (κ2) is 7.04. The number of halogens is 1. The number of nitrogens with one attached hydrogen (secondary N) is 1. The van der Waals surface area contributed by atoms with E-state index in [1.807, 2.05) is 0 Å². The smallest absolute Gasteiger partial charge is 0.271 e. The Morgan fingerprint density at radius 1 is 1.27 bits per heavy atom. The van der Waals surface area contributed by atoms with E-state index in [2.05, 4.69) is 21.2 Å². The Hall–Kier alpha value is -2.41. The second-order valence-electron chi connectivity index (χ2n) is 4.51. The van der Waals surface area contributed by atoms with Gasteiger partial charge in [0, 0.05) is 22.3 Å². The molecule has 1 N–H and O–H groups in total. The average Bonchev–Trinajstić information content (AvgIpc) is 2.49. The molecule has 0 aliphatic heterocycles. The van der Waals surface area contributed by atoms with Crippen molar-refractivity contribution in [3.05, 3.63) is 63.1 Å². The third-order valence-electron chi connectivity index (χ3n) is 2.82. The summed E-state index contributed by atoms with van der Waals surface area (Å²) in [4.78, 5) is 22.2. The largest absolute Gasteiger partial charge is 0.481 e. The van der Waals surface area contributed by atoms with E-state index in [1.165, 1.54) is 18.2 Å². The molecule has 22 heavy (non-hydrogen) atoms. The lowest BCUT2D eigenvalue weighted by Crippen LogP contribution is -2.30. The first-order chi connectivity index (χ1) is 10.5. The van der Waals surface area contributed by atoms with E-state index in [0.717, 1.165) is 4.47 Å². The van der Waals surface area contributed by atoms with Gasteiger partial charge in [0.2, 0.25) is 0 Å². The first-order valence-corrected chi connectivity index (χ1v) is 7.22. The molecule has 2 aromatic carbocycles. The molecular formula is C15H13BrN2O4. The Morgan fingerprint density at radius 3 is 2.59 bits per heavy atom. The molecule has 6 nitrogen and oxygen atoms in total. The van der Waals surface area contributed by atoms with Crippen LogP contribution in [-0.4, -0.2) is 16.9 Å². The molecule has 0 saturated carbocycles. The molecule has 0 aromatic heterocycles. The predicted octanol–water partition coefficient (Wildman–Crippen LogP) is 3.76. The highest BCUT2D eigenvalue weighted by Gasteiger charge is 2.16. The molecular weight excluding hydrogens is 352 g/mol. The van der Waals surface area contributed by atoms with Gasteiger partial charge in [-0.2, -0.15) is 0 Å². The van der Waals surface area contributed by atoms with Crippen molar-refractivity contribution in [2.24, 2.45) is 0 Å². The van der Waals surface area contributed by atoms with Crippen LogP contribution in [0.3, 0.4) is 0 Å². The lowest BCUT2D eigenvalue weighted by atomic mass is 10.2. The van der Waals surface area contributed by atoms with Gasteiger partial charge in [-0.15, -0.1) is 0 Å². The van der Waals surface area contributed by atoms with Gasteiger partial charge in [-0.3, -0.25) is 14.9 Å². The Balaban J connectivity index is 2.00. The highest BCUT2D eigenvalue weighted by atomic mass is 79.9. The fourth-order valence-electron chi connectivity index (χ4n) is 1.71. The van der Waals surface area contributed by atoms with Crippen molar-refractivity contribution in [1.82, 2.24) is 0 Å². The molecule has 0 fully saturated rings.